The smallest absolute Gasteiger partial charge is 0.343 e. The van der Waals surface area contributed by atoms with E-state index in [1.54, 1.807) is 20.1 Å². The summed E-state index contributed by atoms with van der Waals surface area (Å²) in [6.45, 7) is 4.64. The molecule has 2 heterocycles. The second kappa shape index (κ2) is 6.38. The van der Waals surface area contributed by atoms with Crippen LogP contribution in [0, 0.1) is 6.92 Å². The monoisotopic (exact) mass is 280 g/mol. The Morgan fingerprint density at radius 3 is 3.11 bits per heavy atom. The van der Waals surface area contributed by atoms with Gasteiger partial charge in [-0.3, -0.25) is 0 Å². The van der Waals surface area contributed by atoms with Gasteiger partial charge in [-0.25, -0.2) is 4.79 Å². The Balaban J connectivity index is 1.98. The highest BCUT2D eigenvalue weighted by atomic mass is 32.1. The molecule has 0 aliphatic rings. The number of aromatic nitrogens is 1. The first kappa shape index (κ1) is 13.6. The van der Waals surface area contributed by atoms with Crippen molar-refractivity contribution in [2.75, 3.05) is 18.5 Å². The first-order valence-electron chi connectivity index (χ1n) is 6.12. The van der Waals surface area contributed by atoms with Gasteiger partial charge in [0.2, 0.25) is 0 Å². The van der Waals surface area contributed by atoms with Gasteiger partial charge < -0.3 is 14.5 Å². The van der Waals surface area contributed by atoms with Crippen LogP contribution in [-0.2, 0) is 11.2 Å². The molecule has 1 N–H and O–H groups in total. The number of rotatable bonds is 6. The molecule has 102 valence electrons. The first-order valence-corrected chi connectivity index (χ1v) is 6.89. The molecule has 2 aromatic heterocycles. The summed E-state index contributed by atoms with van der Waals surface area (Å²) in [5, 5.41) is 3.96. The SMILES string of the molecule is CCOC(=O)c1c(C)nsc1NCCc1ccco1. The van der Waals surface area contributed by atoms with Crippen molar-refractivity contribution in [3.05, 3.63) is 35.4 Å². The Morgan fingerprint density at radius 2 is 2.42 bits per heavy atom. The highest BCUT2D eigenvalue weighted by Gasteiger charge is 2.19. The van der Waals surface area contributed by atoms with Gasteiger partial charge in [0.1, 0.15) is 16.3 Å². The van der Waals surface area contributed by atoms with Crippen molar-refractivity contribution in [3.63, 3.8) is 0 Å². The summed E-state index contributed by atoms with van der Waals surface area (Å²) in [5.74, 6) is 0.584. The van der Waals surface area contributed by atoms with Crippen molar-refractivity contribution in [1.29, 1.82) is 0 Å². The van der Waals surface area contributed by atoms with Crippen molar-refractivity contribution < 1.29 is 13.9 Å². The predicted octanol–water partition coefficient (Wildman–Crippen LogP) is 2.88. The normalized spacial score (nSPS) is 10.4. The van der Waals surface area contributed by atoms with E-state index in [1.165, 1.54) is 11.5 Å². The van der Waals surface area contributed by atoms with Gasteiger partial charge in [-0.15, -0.1) is 0 Å². The van der Waals surface area contributed by atoms with Crippen molar-refractivity contribution in [1.82, 2.24) is 4.37 Å². The minimum Gasteiger partial charge on any atom is -0.469 e. The van der Waals surface area contributed by atoms with Gasteiger partial charge in [0.05, 0.1) is 18.6 Å². The maximum Gasteiger partial charge on any atom is 0.343 e. The molecular formula is C13H16N2O3S. The molecule has 0 radical (unpaired) electrons. The molecule has 0 aliphatic heterocycles. The van der Waals surface area contributed by atoms with Crippen LogP contribution in [-0.4, -0.2) is 23.5 Å². The van der Waals surface area contributed by atoms with E-state index in [9.17, 15) is 4.79 Å². The summed E-state index contributed by atoms with van der Waals surface area (Å²) in [4.78, 5) is 11.8. The van der Waals surface area contributed by atoms with Crippen LogP contribution in [0.1, 0.15) is 28.7 Å². The fraction of sp³-hybridized carbons (Fsp3) is 0.385. The number of hydrogen-bond acceptors (Lipinski definition) is 6. The molecule has 0 amide bonds. The zero-order chi connectivity index (χ0) is 13.7. The molecule has 0 fully saturated rings. The predicted molar refractivity (Wildman–Crippen MR) is 73.7 cm³/mol. The van der Waals surface area contributed by atoms with E-state index in [0.29, 0.717) is 24.4 Å². The lowest BCUT2D eigenvalue weighted by Gasteiger charge is -2.06. The average molecular weight is 280 g/mol. The Bertz CT molecular complexity index is 534. The fourth-order valence-electron chi connectivity index (χ4n) is 1.69. The lowest BCUT2D eigenvalue weighted by Crippen LogP contribution is -2.10. The van der Waals surface area contributed by atoms with E-state index in [-0.39, 0.29) is 5.97 Å². The van der Waals surface area contributed by atoms with Crippen LogP contribution in [0.25, 0.3) is 0 Å². The minimum atomic E-state index is -0.325. The van der Waals surface area contributed by atoms with E-state index in [2.05, 4.69) is 9.69 Å². The Labute approximate surface area is 115 Å². The number of carbonyl (C=O) groups is 1. The maximum absolute atomic E-state index is 11.8. The molecule has 0 unspecified atom stereocenters. The molecule has 0 spiro atoms. The second-order valence-corrected chi connectivity index (χ2v) is 4.72. The molecule has 6 heteroatoms. The topological polar surface area (TPSA) is 64.4 Å². The molecule has 19 heavy (non-hydrogen) atoms. The van der Waals surface area contributed by atoms with Crippen LogP contribution in [0.3, 0.4) is 0 Å². The largest absolute Gasteiger partial charge is 0.469 e. The number of esters is 1. The van der Waals surface area contributed by atoms with Gasteiger partial charge in [0.15, 0.2) is 0 Å². The quantitative estimate of drug-likeness (QED) is 0.824. The Morgan fingerprint density at radius 1 is 1.58 bits per heavy atom. The van der Waals surface area contributed by atoms with Crippen LogP contribution < -0.4 is 5.32 Å². The molecule has 0 saturated carbocycles. The number of hydrogen-bond donors (Lipinski definition) is 1. The van der Waals surface area contributed by atoms with Crippen LogP contribution in [0.2, 0.25) is 0 Å². The molecule has 5 nitrogen and oxygen atoms in total. The van der Waals surface area contributed by atoms with Crippen molar-refractivity contribution in [2.24, 2.45) is 0 Å². The minimum absolute atomic E-state index is 0.325. The number of nitrogens with zero attached hydrogens (tertiary/aromatic N) is 1. The second-order valence-electron chi connectivity index (χ2n) is 3.95. The van der Waals surface area contributed by atoms with E-state index >= 15 is 0 Å². The van der Waals surface area contributed by atoms with Gasteiger partial charge in [0.25, 0.3) is 0 Å². The molecule has 2 aromatic rings. The molecular weight excluding hydrogens is 264 g/mol. The van der Waals surface area contributed by atoms with E-state index in [4.69, 9.17) is 9.15 Å². The highest BCUT2D eigenvalue weighted by Crippen LogP contribution is 2.25. The number of furan rings is 1. The van der Waals surface area contributed by atoms with Gasteiger partial charge in [0, 0.05) is 13.0 Å². The summed E-state index contributed by atoms with van der Waals surface area (Å²) in [5.41, 5.74) is 1.23. The summed E-state index contributed by atoms with van der Waals surface area (Å²) in [6.07, 6.45) is 2.41. The van der Waals surface area contributed by atoms with Crippen molar-refractivity contribution in [3.8, 4) is 0 Å². The molecule has 0 atom stereocenters. The van der Waals surface area contributed by atoms with E-state index in [0.717, 1.165) is 17.2 Å². The molecule has 0 aromatic carbocycles. The molecule has 0 aliphatic carbocycles. The van der Waals surface area contributed by atoms with Crippen LogP contribution in [0.4, 0.5) is 5.00 Å². The lowest BCUT2D eigenvalue weighted by atomic mass is 10.2. The number of aryl methyl sites for hydroxylation is 1. The zero-order valence-electron chi connectivity index (χ0n) is 10.9. The first-order chi connectivity index (χ1) is 9.22. The van der Waals surface area contributed by atoms with Crippen LogP contribution in [0.15, 0.2) is 22.8 Å². The molecule has 0 saturated heterocycles. The third-order valence-corrected chi connectivity index (χ3v) is 3.48. The van der Waals surface area contributed by atoms with Gasteiger partial charge in [-0.2, -0.15) is 4.37 Å². The summed E-state index contributed by atoms with van der Waals surface area (Å²) in [7, 11) is 0. The number of nitrogens with one attached hydrogen (secondary N) is 1. The van der Waals surface area contributed by atoms with E-state index in [1.807, 2.05) is 12.1 Å². The molecule has 0 bridgehead atoms. The Hall–Kier alpha value is -1.82. The summed E-state index contributed by atoms with van der Waals surface area (Å²) >= 11 is 1.27. The third-order valence-electron chi connectivity index (χ3n) is 2.58. The number of carbonyl (C=O) groups excluding carboxylic acids is 1. The lowest BCUT2D eigenvalue weighted by molar-refractivity contribution is 0.0527. The fourth-order valence-corrected chi connectivity index (χ4v) is 2.50. The number of anilines is 1. The zero-order valence-corrected chi connectivity index (χ0v) is 11.8. The maximum atomic E-state index is 11.8. The Kier molecular flexibility index (Phi) is 4.57. The number of ether oxygens (including phenoxy) is 1. The van der Waals surface area contributed by atoms with Crippen molar-refractivity contribution in [2.45, 2.75) is 20.3 Å². The molecule has 2 rings (SSSR count). The van der Waals surface area contributed by atoms with Crippen molar-refractivity contribution >= 4 is 22.5 Å². The third kappa shape index (κ3) is 3.35. The summed E-state index contributed by atoms with van der Waals surface area (Å²) < 4.78 is 14.5. The van der Waals surface area contributed by atoms with E-state index < -0.39 is 0 Å². The van der Waals surface area contributed by atoms with Crippen LogP contribution in [0.5, 0.6) is 0 Å². The summed E-state index contributed by atoms with van der Waals surface area (Å²) in [6, 6.07) is 3.78. The van der Waals surface area contributed by atoms with Gasteiger partial charge in [-0.05, 0) is 37.5 Å². The average Bonchev–Trinajstić information content (AvgIpc) is 3.00. The van der Waals surface area contributed by atoms with Gasteiger partial charge in [-0.1, -0.05) is 0 Å². The standard InChI is InChI=1S/C13H16N2O3S/c1-3-17-13(16)11-9(2)15-19-12(11)14-7-6-10-5-4-8-18-10/h4-5,8,14H,3,6-7H2,1-2H3. The highest BCUT2D eigenvalue weighted by molar-refractivity contribution is 7.10. The van der Waals surface area contributed by atoms with Crippen LogP contribution >= 0.6 is 11.5 Å². The van der Waals surface area contributed by atoms with Gasteiger partial charge >= 0.3 is 5.97 Å².